The Hall–Kier alpha value is -1.59. The molecule has 3 aromatic rings. The molecule has 0 aliphatic heterocycles. The summed E-state index contributed by atoms with van der Waals surface area (Å²) in [7, 11) is 0. The Morgan fingerprint density at radius 2 is 2.20 bits per heavy atom. The van der Waals surface area contributed by atoms with E-state index in [1.54, 1.807) is 17.5 Å². The summed E-state index contributed by atoms with van der Waals surface area (Å²) in [5.41, 5.74) is 2.28. The molecule has 2 aromatic heterocycles. The van der Waals surface area contributed by atoms with Crippen LogP contribution in [-0.2, 0) is 6.54 Å². The molecule has 0 saturated heterocycles. The van der Waals surface area contributed by atoms with Gasteiger partial charge < -0.3 is 9.73 Å². The lowest BCUT2D eigenvalue weighted by molar-refractivity contribution is 0.531. The van der Waals surface area contributed by atoms with Crippen molar-refractivity contribution in [1.29, 1.82) is 0 Å². The van der Waals surface area contributed by atoms with Crippen LogP contribution in [-0.4, -0.2) is 4.98 Å². The van der Waals surface area contributed by atoms with E-state index in [9.17, 15) is 0 Å². The van der Waals surface area contributed by atoms with Crippen LogP contribution < -0.4 is 5.32 Å². The van der Waals surface area contributed by atoms with Gasteiger partial charge in [0.15, 0.2) is 5.13 Å². The zero-order valence-electron chi connectivity index (χ0n) is 10.9. The van der Waals surface area contributed by atoms with Crippen molar-refractivity contribution >= 4 is 32.4 Å². The van der Waals surface area contributed by atoms with E-state index in [1.807, 2.05) is 29.6 Å². The molecule has 0 aliphatic carbocycles. The topological polar surface area (TPSA) is 38.1 Å². The summed E-state index contributed by atoms with van der Waals surface area (Å²) >= 11 is 5.09. The Morgan fingerprint density at radius 3 is 2.95 bits per heavy atom. The number of thiazole rings is 1. The molecule has 0 atom stereocenters. The minimum absolute atomic E-state index is 0.642. The fraction of sp³-hybridized carbons (Fsp3) is 0.133. The molecule has 0 unspecified atom stereocenters. The monoisotopic (exact) mass is 348 g/mol. The van der Waals surface area contributed by atoms with Gasteiger partial charge in [-0.3, -0.25) is 0 Å². The summed E-state index contributed by atoms with van der Waals surface area (Å²) in [5, 5.41) is 6.08. The van der Waals surface area contributed by atoms with Crippen LogP contribution in [0.2, 0.25) is 0 Å². The lowest BCUT2D eigenvalue weighted by atomic mass is 10.1. The van der Waals surface area contributed by atoms with Crippen molar-refractivity contribution in [2.45, 2.75) is 13.5 Å². The first kappa shape index (κ1) is 13.4. The number of halogens is 1. The fourth-order valence-electron chi connectivity index (χ4n) is 1.90. The van der Waals surface area contributed by atoms with Crippen LogP contribution >= 0.6 is 27.3 Å². The number of rotatable bonds is 4. The SMILES string of the molecule is Cc1cc(-c2ccc(CNc3nccs3)o2)ccc1Br. The molecule has 0 spiro atoms. The molecule has 0 amide bonds. The second-order valence-electron chi connectivity index (χ2n) is 4.42. The van der Waals surface area contributed by atoms with Gasteiger partial charge in [0.2, 0.25) is 0 Å². The molecular formula is C15H13BrN2OS. The van der Waals surface area contributed by atoms with Crippen molar-refractivity contribution in [2.24, 2.45) is 0 Å². The Balaban J connectivity index is 1.74. The number of aromatic nitrogens is 1. The number of nitrogens with one attached hydrogen (secondary N) is 1. The quantitative estimate of drug-likeness (QED) is 0.713. The summed E-state index contributed by atoms with van der Waals surface area (Å²) in [4.78, 5) is 4.18. The van der Waals surface area contributed by atoms with Gasteiger partial charge in [-0.15, -0.1) is 11.3 Å². The third-order valence-corrected chi connectivity index (χ3v) is 4.57. The molecule has 2 heterocycles. The van der Waals surface area contributed by atoms with Crippen LogP contribution in [0.5, 0.6) is 0 Å². The predicted molar refractivity (Wildman–Crippen MR) is 86.0 cm³/mol. The minimum atomic E-state index is 0.642. The van der Waals surface area contributed by atoms with E-state index in [2.05, 4.69) is 39.2 Å². The highest BCUT2D eigenvalue weighted by Crippen LogP contribution is 2.27. The summed E-state index contributed by atoms with van der Waals surface area (Å²) in [5.74, 6) is 1.78. The average Bonchev–Trinajstić information content (AvgIpc) is 3.10. The maximum atomic E-state index is 5.86. The first-order valence-corrected chi connectivity index (χ1v) is 7.88. The van der Waals surface area contributed by atoms with Gasteiger partial charge in [-0.25, -0.2) is 4.98 Å². The number of hydrogen-bond acceptors (Lipinski definition) is 4. The van der Waals surface area contributed by atoms with Crippen molar-refractivity contribution in [3.8, 4) is 11.3 Å². The van der Waals surface area contributed by atoms with Crippen molar-refractivity contribution in [3.05, 3.63) is 57.7 Å². The third kappa shape index (κ3) is 2.94. The predicted octanol–water partition coefficient (Wildman–Crippen LogP) is 5.09. The maximum Gasteiger partial charge on any atom is 0.182 e. The van der Waals surface area contributed by atoms with Crippen molar-refractivity contribution in [1.82, 2.24) is 4.98 Å². The van der Waals surface area contributed by atoms with Crippen molar-refractivity contribution < 1.29 is 4.42 Å². The number of nitrogens with zero attached hydrogens (tertiary/aromatic N) is 1. The molecule has 5 heteroatoms. The molecular weight excluding hydrogens is 336 g/mol. The molecule has 0 aliphatic rings. The number of anilines is 1. The molecule has 0 radical (unpaired) electrons. The Morgan fingerprint density at radius 1 is 1.30 bits per heavy atom. The largest absolute Gasteiger partial charge is 0.459 e. The zero-order chi connectivity index (χ0) is 13.9. The minimum Gasteiger partial charge on any atom is -0.459 e. The smallest absolute Gasteiger partial charge is 0.182 e. The van der Waals surface area contributed by atoms with Crippen LogP contribution in [0.1, 0.15) is 11.3 Å². The van der Waals surface area contributed by atoms with Gasteiger partial charge >= 0.3 is 0 Å². The summed E-state index contributed by atoms with van der Waals surface area (Å²) in [6, 6.07) is 10.2. The van der Waals surface area contributed by atoms with Gasteiger partial charge in [0, 0.05) is 21.6 Å². The summed E-state index contributed by atoms with van der Waals surface area (Å²) < 4.78 is 6.97. The second kappa shape index (κ2) is 5.81. The van der Waals surface area contributed by atoms with Crippen LogP contribution in [0, 0.1) is 6.92 Å². The van der Waals surface area contributed by atoms with E-state index in [1.165, 1.54) is 5.56 Å². The Bertz CT molecular complexity index is 706. The van der Waals surface area contributed by atoms with Crippen LogP contribution in [0.4, 0.5) is 5.13 Å². The Kier molecular flexibility index (Phi) is 3.89. The lowest BCUT2D eigenvalue weighted by Crippen LogP contribution is -1.96. The van der Waals surface area contributed by atoms with Gasteiger partial charge in [0.05, 0.1) is 6.54 Å². The third-order valence-electron chi connectivity index (χ3n) is 2.95. The first-order valence-electron chi connectivity index (χ1n) is 6.21. The lowest BCUT2D eigenvalue weighted by Gasteiger charge is -2.02. The van der Waals surface area contributed by atoms with Gasteiger partial charge in [-0.1, -0.05) is 22.0 Å². The fourth-order valence-corrected chi connectivity index (χ4v) is 2.67. The van der Waals surface area contributed by atoms with Crippen molar-refractivity contribution in [3.63, 3.8) is 0 Å². The van der Waals surface area contributed by atoms with E-state index >= 15 is 0 Å². The molecule has 20 heavy (non-hydrogen) atoms. The molecule has 0 saturated carbocycles. The van der Waals surface area contributed by atoms with Gasteiger partial charge in [0.25, 0.3) is 0 Å². The van der Waals surface area contributed by atoms with Gasteiger partial charge in [-0.05, 0) is 36.8 Å². The summed E-state index contributed by atoms with van der Waals surface area (Å²) in [6.07, 6.45) is 1.78. The molecule has 1 N–H and O–H groups in total. The van der Waals surface area contributed by atoms with E-state index in [-0.39, 0.29) is 0 Å². The Labute approximate surface area is 129 Å². The summed E-state index contributed by atoms with van der Waals surface area (Å²) in [6.45, 7) is 2.71. The molecule has 3 nitrogen and oxygen atoms in total. The highest BCUT2D eigenvalue weighted by molar-refractivity contribution is 9.10. The molecule has 0 bridgehead atoms. The highest BCUT2D eigenvalue weighted by atomic mass is 79.9. The number of aryl methyl sites for hydroxylation is 1. The van der Waals surface area contributed by atoms with Crippen LogP contribution in [0.25, 0.3) is 11.3 Å². The highest BCUT2D eigenvalue weighted by Gasteiger charge is 2.06. The number of hydrogen-bond donors (Lipinski definition) is 1. The molecule has 0 fully saturated rings. The molecule has 102 valence electrons. The molecule has 1 aromatic carbocycles. The number of benzene rings is 1. The van der Waals surface area contributed by atoms with Gasteiger partial charge in [0.1, 0.15) is 11.5 Å². The first-order chi connectivity index (χ1) is 9.72. The van der Waals surface area contributed by atoms with E-state index < -0.39 is 0 Å². The van der Waals surface area contributed by atoms with E-state index in [0.717, 1.165) is 26.7 Å². The number of furan rings is 1. The zero-order valence-corrected chi connectivity index (χ0v) is 13.3. The maximum absolute atomic E-state index is 5.86. The van der Waals surface area contributed by atoms with E-state index in [4.69, 9.17) is 4.42 Å². The van der Waals surface area contributed by atoms with Gasteiger partial charge in [-0.2, -0.15) is 0 Å². The van der Waals surface area contributed by atoms with Crippen LogP contribution in [0.3, 0.4) is 0 Å². The average molecular weight is 349 g/mol. The normalized spacial score (nSPS) is 10.7. The second-order valence-corrected chi connectivity index (χ2v) is 6.17. The standard InChI is InChI=1S/C15H13BrN2OS/c1-10-8-11(2-4-13(10)16)14-5-3-12(19-14)9-18-15-17-6-7-20-15/h2-8H,9H2,1H3,(H,17,18). The van der Waals surface area contributed by atoms with Crippen LogP contribution in [0.15, 0.2) is 50.8 Å². The molecule has 3 rings (SSSR count). The van der Waals surface area contributed by atoms with Crippen molar-refractivity contribution in [2.75, 3.05) is 5.32 Å². The van der Waals surface area contributed by atoms with E-state index in [0.29, 0.717) is 6.54 Å².